The standard InChI is InChI=1S/C16H25N3O2S/c20-15(17-7-8-19-9-11-21-12-10-19)5-6-16-18-13-3-1-2-4-14(13)22-16/h1-12H2,(H,17,20). The van der Waals surface area contributed by atoms with Crippen molar-refractivity contribution in [1.82, 2.24) is 15.2 Å². The van der Waals surface area contributed by atoms with Crippen molar-refractivity contribution in [2.24, 2.45) is 0 Å². The summed E-state index contributed by atoms with van der Waals surface area (Å²) in [4.78, 5) is 20.4. The molecule has 1 aliphatic carbocycles. The van der Waals surface area contributed by atoms with Crippen molar-refractivity contribution in [2.45, 2.75) is 38.5 Å². The van der Waals surface area contributed by atoms with Crippen molar-refractivity contribution >= 4 is 17.2 Å². The number of hydrogen-bond donors (Lipinski definition) is 1. The summed E-state index contributed by atoms with van der Waals surface area (Å²) in [6, 6.07) is 0. The summed E-state index contributed by atoms with van der Waals surface area (Å²) in [5, 5.41) is 4.15. The zero-order valence-electron chi connectivity index (χ0n) is 13.1. The van der Waals surface area contributed by atoms with Crippen LogP contribution in [0.25, 0.3) is 0 Å². The minimum absolute atomic E-state index is 0.140. The minimum atomic E-state index is 0.140. The number of nitrogens with one attached hydrogen (secondary N) is 1. The number of ether oxygens (including phenoxy) is 1. The van der Waals surface area contributed by atoms with E-state index < -0.39 is 0 Å². The zero-order valence-corrected chi connectivity index (χ0v) is 13.9. The first kappa shape index (κ1) is 15.9. The quantitative estimate of drug-likeness (QED) is 0.860. The number of morpholine rings is 1. The fourth-order valence-electron chi connectivity index (χ4n) is 3.00. The van der Waals surface area contributed by atoms with Gasteiger partial charge in [-0.15, -0.1) is 11.3 Å². The first-order valence-corrected chi connectivity index (χ1v) is 9.17. The Morgan fingerprint density at radius 1 is 1.27 bits per heavy atom. The van der Waals surface area contributed by atoms with Gasteiger partial charge in [0.15, 0.2) is 0 Å². The van der Waals surface area contributed by atoms with Gasteiger partial charge in [-0.1, -0.05) is 0 Å². The second-order valence-corrected chi connectivity index (χ2v) is 7.16. The van der Waals surface area contributed by atoms with Crippen molar-refractivity contribution < 1.29 is 9.53 Å². The van der Waals surface area contributed by atoms with E-state index in [9.17, 15) is 4.79 Å². The molecule has 0 radical (unpaired) electrons. The van der Waals surface area contributed by atoms with Crippen LogP contribution in [-0.4, -0.2) is 55.2 Å². The summed E-state index contributed by atoms with van der Waals surface area (Å²) in [5.74, 6) is 0.140. The van der Waals surface area contributed by atoms with Gasteiger partial charge in [0, 0.05) is 43.9 Å². The fraction of sp³-hybridized carbons (Fsp3) is 0.750. The highest BCUT2D eigenvalue weighted by atomic mass is 32.1. The van der Waals surface area contributed by atoms with Gasteiger partial charge in [0.1, 0.15) is 0 Å². The zero-order chi connectivity index (χ0) is 15.2. The number of hydrogen-bond acceptors (Lipinski definition) is 5. The molecular weight excluding hydrogens is 298 g/mol. The summed E-state index contributed by atoms with van der Waals surface area (Å²) >= 11 is 1.81. The molecule has 6 heteroatoms. The Kier molecular flexibility index (Phi) is 5.81. The molecule has 122 valence electrons. The molecule has 0 aromatic carbocycles. The number of nitrogens with zero attached hydrogens (tertiary/aromatic N) is 2. The van der Waals surface area contributed by atoms with Crippen LogP contribution in [0.4, 0.5) is 0 Å². The SMILES string of the molecule is O=C(CCc1nc2c(s1)CCCC2)NCCN1CCOCC1. The second-order valence-electron chi connectivity index (χ2n) is 5.99. The summed E-state index contributed by atoms with van der Waals surface area (Å²) < 4.78 is 5.31. The minimum Gasteiger partial charge on any atom is -0.379 e. The third kappa shape index (κ3) is 4.51. The number of carbonyl (C=O) groups is 1. The van der Waals surface area contributed by atoms with Crippen LogP contribution in [0.5, 0.6) is 0 Å². The Morgan fingerprint density at radius 2 is 2.09 bits per heavy atom. The molecule has 1 amide bonds. The van der Waals surface area contributed by atoms with Gasteiger partial charge in [-0.05, 0) is 25.7 Å². The highest BCUT2D eigenvalue weighted by Crippen LogP contribution is 2.27. The van der Waals surface area contributed by atoms with Crippen LogP contribution in [0.15, 0.2) is 0 Å². The number of aryl methyl sites for hydroxylation is 3. The van der Waals surface area contributed by atoms with E-state index in [1.165, 1.54) is 29.8 Å². The van der Waals surface area contributed by atoms with Gasteiger partial charge in [-0.2, -0.15) is 0 Å². The molecule has 1 aromatic rings. The summed E-state index contributed by atoms with van der Waals surface area (Å²) in [5.41, 5.74) is 1.29. The molecule has 0 spiro atoms. The van der Waals surface area contributed by atoms with Crippen LogP contribution in [0.2, 0.25) is 0 Å². The number of aromatic nitrogens is 1. The van der Waals surface area contributed by atoms with E-state index in [-0.39, 0.29) is 5.91 Å². The fourth-order valence-corrected chi connectivity index (χ4v) is 4.16. The maximum atomic E-state index is 11.9. The van der Waals surface area contributed by atoms with E-state index >= 15 is 0 Å². The lowest BCUT2D eigenvalue weighted by atomic mass is 10.0. The average molecular weight is 323 g/mol. The summed E-state index contributed by atoms with van der Waals surface area (Å²) in [6.07, 6.45) is 6.18. The van der Waals surface area contributed by atoms with Gasteiger partial charge >= 0.3 is 0 Å². The lowest BCUT2D eigenvalue weighted by Gasteiger charge is -2.26. The Balaban J connectivity index is 1.34. The maximum absolute atomic E-state index is 11.9. The lowest BCUT2D eigenvalue weighted by Crippen LogP contribution is -2.41. The van der Waals surface area contributed by atoms with E-state index in [1.807, 2.05) is 11.3 Å². The highest BCUT2D eigenvalue weighted by Gasteiger charge is 2.15. The van der Waals surface area contributed by atoms with Crippen molar-refractivity contribution in [3.63, 3.8) is 0 Å². The Hall–Kier alpha value is -0.980. The Bertz CT molecular complexity index is 474. The lowest BCUT2D eigenvalue weighted by molar-refractivity contribution is -0.121. The van der Waals surface area contributed by atoms with E-state index in [1.54, 1.807) is 0 Å². The molecule has 3 rings (SSSR count). The smallest absolute Gasteiger partial charge is 0.220 e. The average Bonchev–Trinajstić information content (AvgIpc) is 2.97. The molecule has 2 heterocycles. The van der Waals surface area contributed by atoms with Gasteiger partial charge in [-0.3, -0.25) is 9.69 Å². The third-order valence-electron chi connectivity index (χ3n) is 4.31. The highest BCUT2D eigenvalue weighted by molar-refractivity contribution is 7.11. The molecule has 1 saturated heterocycles. The molecule has 0 unspecified atom stereocenters. The molecule has 1 N–H and O–H groups in total. The molecule has 1 aromatic heterocycles. The molecule has 5 nitrogen and oxygen atoms in total. The van der Waals surface area contributed by atoms with E-state index in [0.29, 0.717) is 6.42 Å². The monoisotopic (exact) mass is 323 g/mol. The van der Waals surface area contributed by atoms with Crippen LogP contribution in [0.1, 0.15) is 34.8 Å². The molecular formula is C16H25N3O2S. The predicted octanol–water partition coefficient (Wildman–Crippen LogP) is 1.40. The van der Waals surface area contributed by atoms with Gasteiger partial charge in [0.2, 0.25) is 5.91 Å². The van der Waals surface area contributed by atoms with E-state index in [2.05, 4.69) is 10.2 Å². The molecule has 1 aliphatic heterocycles. The Morgan fingerprint density at radius 3 is 2.91 bits per heavy atom. The molecule has 0 saturated carbocycles. The number of fused-ring (bicyclic) bond motifs is 1. The van der Waals surface area contributed by atoms with Crippen molar-refractivity contribution in [3.8, 4) is 0 Å². The van der Waals surface area contributed by atoms with Crippen LogP contribution < -0.4 is 5.32 Å². The topological polar surface area (TPSA) is 54.5 Å². The van der Waals surface area contributed by atoms with Crippen molar-refractivity contribution in [3.05, 3.63) is 15.6 Å². The van der Waals surface area contributed by atoms with E-state index in [4.69, 9.17) is 9.72 Å². The molecule has 1 fully saturated rings. The molecule has 2 aliphatic rings. The van der Waals surface area contributed by atoms with Crippen LogP contribution >= 0.6 is 11.3 Å². The molecule has 0 atom stereocenters. The summed E-state index contributed by atoms with van der Waals surface area (Å²) in [6.45, 7) is 5.21. The van der Waals surface area contributed by atoms with Gasteiger partial charge in [-0.25, -0.2) is 4.98 Å². The Labute approximate surface area is 136 Å². The van der Waals surface area contributed by atoms with E-state index in [0.717, 1.165) is 57.2 Å². The largest absolute Gasteiger partial charge is 0.379 e. The first-order chi connectivity index (χ1) is 10.8. The number of thiazole rings is 1. The molecule has 22 heavy (non-hydrogen) atoms. The number of rotatable bonds is 6. The molecule has 0 bridgehead atoms. The third-order valence-corrected chi connectivity index (χ3v) is 5.53. The first-order valence-electron chi connectivity index (χ1n) is 8.35. The van der Waals surface area contributed by atoms with Crippen molar-refractivity contribution in [1.29, 1.82) is 0 Å². The van der Waals surface area contributed by atoms with Gasteiger partial charge < -0.3 is 10.1 Å². The number of amides is 1. The van der Waals surface area contributed by atoms with Crippen LogP contribution in [-0.2, 0) is 28.8 Å². The van der Waals surface area contributed by atoms with Crippen molar-refractivity contribution in [2.75, 3.05) is 39.4 Å². The second kappa shape index (κ2) is 8.04. The predicted molar refractivity (Wildman–Crippen MR) is 87.3 cm³/mol. The van der Waals surface area contributed by atoms with Crippen LogP contribution in [0.3, 0.4) is 0 Å². The maximum Gasteiger partial charge on any atom is 0.220 e. The summed E-state index contributed by atoms with van der Waals surface area (Å²) in [7, 11) is 0. The number of carbonyl (C=O) groups excluding carboxylic acids is 1. The normalized spacial score (nSPS) is 18.9. The van der Waals surface area contributed by atoms with Crippen LogP contribution in [0, 0.1) is 0 Å². The van der Waals surface area contributed by atoms with Gasteiger partial charge in [0.05, 0.1) is 23.9 Å². The van der Waals surface area contributed by atoms with Gasteiger partial charge in [0.25, 0.3) is 0 Å².